The molecule has 27 heavy (non-hydrogen) atoms. The molecular formula is C23H27N3O. The number of benzene rings is 2. The van der Waals surface area contributed by atoms with E-state index in [-0.39, 0.29) is 11.3 Å². The molecule has 0 amide bonds. The van der Waals surface area contributed by atoms with E-state index in [2.05, 4.69) is 72.5 Å². The summed E-state index contributed by atoms with van der Waals surface area (Å²) in [6.45, 7) is 4.83. The van der Waals surface area contributed by atoms with E-state index in [0.717, 1.165) is 19.3 Å². The minimum absolute atomic E-state index is 0.145. The number of hydrogen-bond donors (Lipinski definition) is 1. The number of nitrogens with zero attached hydrogens (tertiary/aromatic N) is 3. The van der Waals surface area contributed by atoms with Gasteiger partial charge in [0.15, 0.2) is 0 Å². The Morgan fingerprint density at radius 2 is 1.74 bits per heavy atom. The van der Waals surface area contributed by atoms with Crippen molar-refractivity contribution in [2.45, 2.75) is 45.3 Å². The Morgan fingerprint density at radius 3 is 2.41 bits per heavy atom. The van der Waals surface area contributed by atoms with Crippen LogP contribution >= 0.6 is 0 Å². The Hall–Kier alpha value is -2.46. The van der Waals surface area contributed by atoms with Gasteiger partial charge in [0.1, 0.15) is 12.7 Å². The van der Waals surface area contributed by atoms with E-state index in [0.29, 0.717) is 6.54 Å². The largest absolute Gasteiger partial charge is 0.387 e. The van der Waals surface area contributed by atoms with Crippen molar-refractivity contribution in [3.63, 3.8) is 0 Å². The van der Waals surface area contributed by atoms with Gasteiger partial charge in [-0.15, -0.1) is 0 Å². The SMILES string of the molecule is CC1(C)CCC(Cc2ccc(-c3ccccc3)cc2)C1(O)Cn1cncn1. The first-order chi connectivity index (χ1) is 13.0. The van der Waals surface area contributed by atoms with Crippen LogP contribution in [0.15, 0.2) is 67.3 Å². The summed E-state index contributed by atoms with van der Waals surface area (Å²) in [5.74, 6) is 0.208. The smallest absolute Gasteiger partial charge is 0.137 e. The molecule has 0 spiro atoms. The normalized spacial score (nSPS) is 24.2. The minimum atomic E-state index is -0.793. The zero-order valence-corrected chi connectivity index (χ0v) is 16.0. The molecule has 4 heteroatoms. The van der Waals surface area contributed by atoms with E-state index in [1.807, 2.05) is 6.07 Å². The first kappa shape index (κ1) is 17.9. The van der Waals surface area contributed by atoms with E-state index in [4.69, 9.17) is 0 Å². The number of aliphatic hydroxyl groups is 1. The van der Waals surface area contributed by atoms with Crippen LogP contribution in [0, 0.1) is 11.3 Å². The molecule has 2 aromatic carbocycles. The maximum absolute atomic E-state index is 11.7. The zero-order chi connectivity index (χ0) is 18.9. The summed E-state index contributed by atoms with van der Waals surface area (Å²) in [5, 5.41) is 15.9. The summed E-state index contributed by atoms with van der Waals surface area (Å²) >= 11 is 0. The summed E-state index contributed by atoms with van der Waals surface area (Å²) in [5.41, 5.74) is 2.79. The molecule has 1 heterocycles. The fourth-order valence-electron chi connectivity index (χ4n) is 4.47. The fraction of sp³-hybridized carbons (Fsp3) is 0.391. The lowest BCUT2D eigenvalue weighted by atomic mass is 9.72. The zero-order valence-electron chi connectivity index (χ0n) is 16.0. The molecule has 2 atom stereocenters. The topological polar surface area (TPSA) is 50.9 Å². The maximum Gasteiger partial charge on any atom is 0.137 e. The maximum atomic E-state index is 11.7. The Labute approximate surface area is 160 Å². The van der Waals surface area contributed by atoms with Crippen LogP contribution in [0.2, 0.25) is 0 Å². The van der Waals surface area contributed by atoms with Crippen LogP contribution in [-0.4, -0.2) is 25.5 Å². The minimum Gasteiger partial charge on any atom is -0.387 e. The van der Waals surface area contributed by atoms with Crippen molar-refractivity contribution in [1.82, 2.24) is 14.8 Å². The first-order valence-corrected chi connectivity index (χ1v) is 9.67. The van der Waals surface area contributed by atoms with Crippen LogP contribution in [0.25, 0.3) is 11.1 Å². The van der Waals surface area contributed by atoms with Gasteiger partial charge in [0.2, 0.25) is 0 Å². The molecule has 1 saturated carbocycles. The predicted molar refractivity (Wildman–Crippen MR) is 107 cm³/mol. The lowest BCUT2D eigenvalue weighted by molar-refractivity contribution is -0.0907. The van der Waals surface area contributed by atoms with Crippen LogP contribution in [0.5, 0.6) is 0 Å². The summed E-state index contributed by atoms with van der Waals surface area (Å²) < 4.78 is 1.76. The Balaban J connectivity index is 1.54. The van der Waals surface area contributed by atoms with Crippen LogP contribution in [0.1, 0.15) is 32.3 Å². The lowest BCUT2D eigenvalue weighted by Crippen LogP contribution is -2.49. The number of aromatic nitrogens is 3. The van der Waals surface area contributed by atoms with Gasteiger partial charge >= 0.3 is 0 Å². The molecule has 2 unspecified atom stereocenters. The Bertz CT molecular complexity index is 872. The second kappa shape index (κ2) is 6.93. The van der Waals surface area contributed by atoms with Gasteiger partial charge in [0, 0.05) is 0 Å². The van der Waals surface area contributed by atoms with Gasteiger partial charge < -0.3 is 5.11 Å². The quantitative estimate of drug-likeness (QED) is 0.735. The van der Waals surface area contributed by atoms with Crippen molar-refractivity contribution in [1.29, 1.82) is 0 Å². The highest BCUT2D eigenvalue weighted by Crippen LogP contribution is 2.51. The summed E-state index contributed by atoms with van der Waals surface area (Å²) in [4.78, 5) is 4.03. The van der Waals surface area contributed by atoms with Crippen LogP contribution in [0.3, 0.4) is 0 Å². The Morgan fingerprint density at radius 1 is 1.04 bits per heavy atom. The van der Waals surface area contributed by atoms with Gasteiger partial charge in [0.05, 0.1) is 12.1 Å². The average Bonchev–Trinajstić information content (AvgIpc) is 3.25. The van der Waals surface area contributed by atoms with Crippen molar-refractivity contribution in [2.75, 3.05) is 0 Å². The van der Waals surface area contributed by atoms with Gasteiger partial charge in [-0.2, -0.15) is 5.10 Å². The Kier molecular flexibility index (Phi) is 4.60. The van der Waals surface area contributed by atoms with Crippen LogP contribution < -0.4 is 0 Å². The molecule has 1 aromatic heterocycles. The summed E-state index contributed by atoms with van der Waals surface area (Å²) in [7, 11) is 0. The van der Waals surface area contributed by atoms with Crippen molar-refractivity contribution < 1.29 is 5.11 Å². The molecule has 4 nitrogen and oxygen atoms in total. The second-order valence-electron chi connectivity index (χ2n) is 8.40. The highest BCUT2D eigenvalue weighted by atomic mass is 16.3. The monoisotopic (exact) mass is 361 g/mol. The van der Waals surface area contributed by atoms with E-state index in [1.54, 1.807) is 11.0 Å². The fourth-order valence-corrected chi connectivity index (χ4v) is 4.47. The molecule has 3 aromatic rings. The molecule has 1 N–H and O–H groups in total. The number of rotatable bonds is 5. The van der Waals surface area contributed by atoms with Crippen molar-refractivity contribution in [3.8, 4) is 11.1 Å². The predicted octanol–water partition coefficient (Wildman–Crippen LogP) is 4.36. The van der Waals surface area contributed by atoms with Gasteiger partial charge in [-0.05, 0) is 47.3 Å². The van der Waals surface area contributed by atoms with Gasteiger partial charge in [-0.1, -0.05) is 68.4 Å². The molecule has 0 bridgehead atoms. The van der Waals surface area contributed by atoms with Crippen molar-refractivity contribution >= 4 is 0 Å². The number of hydrogen-bond acceptors (Lipinski definition) is 3. The van der Waals surface area contributed by atoms with Crippen LogP contribution in [0.4, 0.5) is 0 Å². The second-order valence-corrected chi connectivity index (χ2v) is 8.40. The van der Waals surface area contributed by atoms with Crippen LogP contribution in [-0.2, 0) is 13.0 Å². The third-order valence-electron chi connectivity index (χ3n) is 6.38. The highest BCUT2D eigenvalue weighted by Gasteiger charge is 2.54. The van der Waals surface area contributed by atoms with Gasteiger partial charge in [-0.25, -0.2) is 4.98 Å². The molecule has 1 aliphatic carbocycles. The third kappa shape index (κ3) is 3.42. The van der Waals surface area contributed by atoms with Gasteiger partial charge in [0.25, 0.3) is 0 Å². The van der Waals surface area contributed by atoms with E-state index >= 15 is 0 Å². The molecule has 1 aliphatic rings. The summed E-state index contributed by atoms with van der Waals surface area (Å²) in [6.07, 6.45) is 6.15. The first-order valence-electron chi connectivity index (χ1n) is 9.67. The molecule has 0 radical (unpaired) electrons. The lowest BCUT2D eigenvalue weighted by Gasteiger charge is -2.40. The summed E-state index contributed by atoms with van der Waals surface area (Å²) in [6, 6.07) is 19.2. The molecule has 140 valence electrons. The van der Waals surface area contributed by atoms with Crippen molar-refractivity contribution in [3.05, 3.63) is 72.8 Å². The van der Waals surface area contributed by atoms with E-state index in [1.165, 1.54) is 23.0 Å². The molecule has 0 saturated heterocycles. The molecular weight excluding hydrogens is 334 g/mol. The van der Waals surface area contributed by atoms with Crippen molar-refractivity contribution in [2.24, 2.45) is 11.3 Å². The highest BCUT2D eigenvalue weighted by molar-refractivity contribution is 5.63. The molecule has 1 fully saturated rings. The molecule has 0 aliphatic heterocycles. The molecule has 4 rings (SSSR count). The van der Waals surface area contributed by atoms with E-state index < -0.39 is 5.60 Å². The van der Waals surface area contributed by atoms with E-state index in [9.17, 15) is 5.11 Å². The third-order valence-corrected chi connectivity index (χ3v) is 6.38. The standard InChI is InChI=1S/C23H27N3O/c1-22(2)13-12-21(23(22,27)15-26-17-24-16-25-26)14-18-8-10-20(11-9-18)19-6-4-3-5-7-19/h3-11,16-17,21,27H,12-15H2,1-2H3. The van der Waals surface area contributed by atoms with Gasteiger partial charge in [-0.3, -0.25) is 4.68 Å². The average molecular weight is 361 g/mol.